The fourth-order valence-corrected chi connectivity index (χ4v) is 3.79. The Morgan fingerprint density at radius 1 is 1.24 bits per heavy atom. The van der Waals surface area contributed by atoms with E-state index in [4.69, 9.17) is 9.47 Å². The van der Waals surface area contributed by atoms with Crippen molar-refractivity contribution in [3.63, 3.8) is 0 Å². The van der Waals surface area contributed by atoms with E-state index < -0.39 is 0 Å². The third-order valence-corrected chi connectivity index (χ3v) is 5.44. The zero-order valence-corrected chi connectivity index (χ0v) is 16.6. The van der Waals surface area contributed by atoms with E-state index in [2.05, 4.69) is 10.3 Å². The Balaban J connectivity index is 1.32. The molecule has 7 heteroatoms. The molecule has 2 fully saturated rings. The normalized spacial score (nSPS) is 19.9. The number of anilines is 1. The van der Waals surface area contributed by atoms with Crippen molar-refractivity contribution in [1.29, 1.82) is 0 Å². The highest BCUT2D eigenvalue weighted by atomic mass is 19.1. The number of piperidine rings is 1. The molecule has 6 nitrogen and oxygen atoms in total. The van der Waals surface area contributed by atoms with Crippen molar-refractivity contribution in [2.24, 2.45) is 0 Å². The molecular formula is C22H26FN3O3. The first-order valence-corrected chi connectivity index (χ1v) is 10.1. The van der Waals surface area contributed by atoms with Crippen LogP contribution in [0.4, 0.5) is 10.1 Å². The summed E-state index contributed by atoms with van der Waals surface area (Å²) in [6, 6.07) is 8.59. The van der Waals surface area contributed by atoms with Crippen molar-refractivity contribution < 1.29 is 18.7 Å². The first kappa shape index (κ1) is 19.6. The van der Waals surface area contributed by atoms with E-state index in [1.54, 1.807) is 24.4 Å². The first-order chi connectivity index (χ1) is 14.1. The van der Waals surface area contributed by atoms with Gasteiger partial charge in [-0.1, -0.05) is 6.07 Å². The molecule has 2 aliphatic rings. The van der Waals surface area contributed by atoms with Crippen LogP contribution in [0.15, 0.2) is 36.5 Å². The van der Waals surface area contributed by atoms with E-state index in [0.717, 1.165) is 24.8 Å². The number of amides is 1. The molecule has 0 radical (unpaired) electrons. The number of carbonyl (C=O) groups is 1. The quantitative estimate of drug-likeness (QED) is 0.837. The minimum Gasteiger partial charge on any atom is -0.472 e. The number of pyridine rings is 1. The van der Waals surface area contributed by atoms with Gasteiger partial charge in [0.05, 0.1) is 18.9 Å². The van der Waals surface area contributed by atoms with Crippen molar-refractivity contribution in [2.45, 2.75) is 38.3 Å². The molecule has 1 aromatic carbocycles. The van der Waals surface area contributed by atoms with Gasteiger partial charge in [0, 0.05) is 43.4 Å². The summed E-state index contributed by atoms with van der Waals surface area (Å²) in [5, 5.41) is 3.09. The number of aryl methyl sites for hydroxylation is 1. The van der Waals surface area contributed by atoms with Crippen LogP contribution in [0.1, 0.15) is 35.2 Å². The van der Waals surface area contributed by atoms with Crippen LogP contribution in [-0.2, 0) is 4.74 Å². The van der Waals surface area contributed by atoms with E-state index in [1.165, 1.54) is 6.07 Å². The Labute approximate surface area is 170 Å². The third kappa shape index (κ3) is 4.85. The molecule has 0 unspecified atom stereocenters. The summed E-state index contributed by atoms with van der Waals surface area (Å²) in [4.78, 5) is 18.9. The van der Waals surface area contributed by atoms with Gasteiger partial charge < -0.3 is 19.7 Å². The number of nitrogens with zero attached hydrogens (tertiary/aromatic N) is 2. The number of rotatable bonds is 5. The third-order valence-electron chi connectivity index (χ3n) is 5.44. The topological polar surface area (TPSA) is 63.7 Å². The first-order valence-electron chi connectivity index (χ1n) is 10.1. The number of halogens is 1. The zero-order valence-electron chi connectivity index (χ0n) is 16.6. The van der Waals surface area contributed by atoms with Crippen LogP contribution in [-0.4, -0.2) is 49.3 Å². The maximum atomic E-state index is 14.1. The molecule has 1 amide bonds. The number of aromatic nitrogens is 1. The fraction of sp³-hybridized carbons (Fsp3) is 0.455. The summed E-state index contributed by atoms with van der Waals surface area (Å²) in [5.74, 6) is 0.105. The van der Waals surface area contributed by atoms with Crippen molar-refractivity contribution >= 4 is 11.6 Å². The van der Waals surface area contributed by atoms with Crippen LogP contribution in [0.2, 0.25) is 0 Å². The van der Waals surface area contributed by atoms with Crippen LogP contribution in [0.3, 0.4) is 0 Å². The van der Waals surface area contributed by atoms with Crippen LogP contribution in [0.25, 0.3) is 0 Å². The fourth-order valence-electron chi connectivity index (χ4n) is 3.79. The second-order valence-corrected chi connectivity index (χ2v) is 7.68. The predicted octanol–water partition coefficient (Wildman–Crippen LogP) is 3.10. The lowest BCUT2D eigenvalue weighted by Crippen LogP contribution is -2.45. The molecule has 29 heavy (non-hydrogen) atoms. The number of benzene rings is 1. The van der Waals surface area contributed by atoms with E-state index in [-0.39, 0.29) is 23.9 Å². The number of nitrogens with one attached hydrogen (secondary N) is 1. The van der Waals surface area contributed by atoms with Gasteiger partial charge in [-0.15, -0.1) is 0 Å². The number of ether oxygens (including phenoxy) is 2. The van der Waals surface area contributed by atoms with Gasteiger partial charge in [-0.3, -0.25) is 4.79 Å². The second-order valence-electron chi connectivity index (χ2n) is 7.68. The van der Waals surface area contributed by atoms with Crippen LogP contribution >= 0.6 is 0 Å². The van der Waals surface area contributed by atoms with E-state index in [0.29, 0.717) is 43.4 Å². The summed E-state index contributed by atoms with van der Waals surface area (Å²) in [5.41, 5.74) is 2.21. The van der Waals surface area contributed by atoms with Gasteiger partial charge >= 0.3 is 0 Å². The lowest BCUT2D eigenvalue weighted by molar-refractivity contribution is 0.0929. The SMILES string of the molecule is Cc1ccc(F)c(N2CCC(NC(=O)c3ccnc(O[C@H]4CCOC4)c3)CC2)c1. The maximum Gasteiger partial charge on any atom is 0.251 e. The molecule has 0 saturated carbocycles. The van der Waals surface area contributed by atoms with Crippen molar-refractivity contribution in [3.8, 4) is 5.88 Å². The Kier molecular flexibility index (Phi) is 5.94. The van der Waals surface area contributed by atoms with Crippen molar-refractivity contribution in [3.05, 3.63) is 53.5 Å². The molecular weight excluding hydrogens is 373 g/mol. The smallest absolute Gasteiger partial charge is 0.251 e. The van der Waals surface area contributed by atoms with Gasteiger partial charge in [0.25, 0.3) is 5.91 Å². The van der Waals surface area contributed by atoms with Crippen LogP contribution in [0.5, 0.6) is 5.88 Å². The average Bonchev–Trinajstić information content (AvgIpc) is 3.24. The van der Waals surface area contributed by atoms with E-state index >= 15 is 0 Å². The van der Waals surface area contributed by atoms with Gasteiger partial charge in [-0.2, -0.15) is 0 Å². The molecule has 1 atom stereocenters. The minimum atomic E-state index is -0.199. The molecule has 0 aliphatic carbocycles. The summed E-state index contributed by atoms with van der Waals surface area (Å²) in [6.07, 6.45) is 3.95. The monoisotopic (exact) mass is 399 g/mol. The van der Waals surface area contributed by atoms with Gasteiger partial charge in [-0.05, 0) is 43.5 Å². The highest BCUT2D eigenvalue weighted by Crippen LogP contribution is 2.24. The summed E-state index contributed by atoms with van der Waals surface area (Å²) in [6.45, 7) is 4.62. The highest BCUT2D eigenvalue weighted by Gasteiger charge is 2.24. The molecule has 0 bridgehead atoms. The van der Waals surface area contributed by atoms with E-state index in [9.17, 15) is 9.18 Å². The summed E-state index contributed by atoms with van der Waals surface area (Å²) >= 11 is 0. The molecule has 0 spiro atoms. The highest BCUT2D eigenvalue weighted by molar-refractivity contribution is 5.94. The lowest BCUT2D eigenvalue weighted by atomic mass is 10.0. The molecule has 154 valence electrons. The Bertz CT molecular complexity index is 862. The molecule has 4 rings (SSSR count). The Morgan fingerprint density at radius 3 is 2.83 bits per heavy atom. The molecule has 3 heterocycles. The van der Waals surface area contributed by atoms with Gasteiger partial charge in [-0.25, -0.2) is 9.37 Å². The molecule has 2 aliphatic heterocycles. The number of hydrogen-bond acceptors (Lipinski definition) is 5. The lowest BCUT2D eigenvalue weighted by Gasteiger charge is -2.34. The second kappa shape index (κ2) is 8.78. The van der Waals surface area contributed by atoms with Crippen LogP contribution in [0, 0.1) is 12.7 Å². The number of carbonyl (C=O) groups excluding carboxylic acids is 1. The Hall–Kier alpha value is -2.67. The van der Waals surface area contributed by atoms with Gasteiger partial charge in [0.2, 0.25) is 5.88 Å². The maximum absolute atomic E-state index is 14.1. The van der Waals surface area contributed by atoms with Crippen LogP contribution < -0.4 is 15.0 Å². The molecule has 1 N–H and O–H groups in total. The van der Waals surface area contributed by atoms with Crippen molar-refractivity contribution in [1.82, 2.24) is 10.3 Å². The van der Waals surface area contributed by atoms with Gasteiger partial charge in [0.1, 0.15) is 11.9 Å². The Morgan fingerprint density at radius 2 is 2.07 bits per heavy atom. The summed E-state index contributed by atoms with van der Waals surface area (Å²) in [7, 11) is 0. The average molecular weight is 399 g/mol. The predicted molar refractivity (Wildman–Crippen MR) is 108 cm³/mol. The zero-order chi connectivity index (χ0) is 20.2. The summed E-state index contributed by atoms with van der Waals surface area (Å²) < 4.78 is 25.2. The molecule has 2 saturated heterocycles. The standard InChI is InChI=1S/C22H26FN3O3/c1-15-2-3-19(23)20(12-15)26-9-5-17(6-10-26)25-22(27)16-4-8-24-21(13-16)29-18-7-11-28-14-18/h2-4,8,12-13,17-18H,5-7,9-11,14H2,1H3,(H,25,27)/t18-/m0/s1. The van der Waals surface area contributed by atoms with Gasteiger partial charge in [0.15, 0.2) is 0 Å². The molecule has 2 aromatic rings. The van der Waals surface area contributed by atoms with Crippen molar-refractivity contribution in [2.75, 3.05) is 31.2 Å². The largest absolute Gasteiger partial charge is 0.472 e. The van der Waals surface area contributed by atoms with E-state index in [1.807, 2.05) is 17.9 Å². The molecule has 1 aromatic heterocycles. The minimum absolute atomic E-state index is 0.00726. The number of hydrogen-bond donors (Lipinski definition) is 1.